The minimum atomic E-state index is -0.600. The van der Waals surface area contributed by atoms with Crippen LogP contribution in [0.5, 0.6) is 0 Å². The fourth-order valence-corrected chi connectivity index (χ4v) is 1.58. The highest BCUT2D eigenvalue weighted by Crippen LogP contribution is 2.07. The van der Waals surface area contributed by atoms with Crippen LogP contribution < -0.4 is 11.1 Å². The molecule has 1 unspecified atom stereocenters. The van der Waals surface area contributed by atoms with E-state index in [-0.39, 0.29) is 5.56 Å². The first-order chi connectivity index (χ1) is 8.19. The second-order valence-corrected chi connectivity index (χ2v) is 3.92. The van der Waals surface area contributed by atoms with Gasteiger partial charge in [-0.15, -0.1) is 0 Å². The number of pyridine rings is 1. The molecule has 1 atom stereocenters. The third-order valence-corrected chi connectivity index (χ3v) is 2.72. The smallest absolute Gasteiger partial charge is 0.254 e. The molecule has 4 nitrogen and oxygen atoms in total. The lowest BCUT2D eigenvalue weighted by molar-refractivity contribution is 0.0942. The molecule has 0 radical (unpaired) electrons. The molecule has 3 N–H and O–H groups in total. The van der Waals surface area contributed by atoms with Gasteiger partial charge in [0.15, 0.2) is 5.82 Å². The van der Waals surface area contributed by atoms with Crippen LogP contribution in [-0.2, 0) is 0 Å². The minimum Gasteiger partial charge on any atom is -0.352 e. The third-order valence-electron chi connectivity index (χ3n) is 2.72. The molecule has 5 heteroatoms. The first-order valence-electron chi connectivity index (χ1n) is 5.76. The molecular formula is C12H18FN3O. The highest BCUT2D eigenvalue weighted by molar-refractivity contribution is 5.94. The molecule has 1 aromatic rings. The summed E-state index contributed by atoms with van der Waals surface area (Å²) in [4.78, 5) is 15.3. The summed E-state index contributed by atoms with van der Waals surface area (Å²) in [6.45, 7) is 3.16. The predicted molar refractivity (Wildman–Crippen MR) is 64.0 cm³/mol. The van der Waals surface area contributed by atoms with E-state index in [1.54, 1.807) is 0 Å². The van der Waals surface area contributed by atoms with Crippen LogP contribution in [0.4, 0.5) is 4.39 Å². The standard InChI is InChI=1S/C12H18FN3O/c1-2-9(3-5-14)7-16-12(17)10-4-6-15-8-11(10)13/h4,6,8-9H,2-3,5,7,14H2,1H3,(H,16,17). The number of halogens is 1. The topological polar surface area (TPSA) is 68.0 Å². The Hall–Kier alpha value is -1.49. The number of hydrogen-bond donors (Lipinski definition) is 2. The van der Waals surface area contributed by atoms with Gasteiger partial charge in [0.05, 0.1) is 11.8 Å². The number of amides is 1. The molecule has 0 saturated carbocycles. The van der Waals surface area contributed by atoms with Crippen LogP contribution in [0, 0.1) is 11.7 Å². The maximum absolute atomic E-state index is 13.3. The second kappa shape index (κ2) is 6.96. The largest absolute Gasteiger partial charge is 0.352 e. The van der Waals surface area contributed by atoms with Crippen molar-refractivity contribution in [3.05, 3.63) is 29.8 Å². The summed E-state index contributed by atoms with van der Waals surface area (Å²) in [6.07, 6.45) is 4.23. The lowest BCUT2D eigenvalue weighted by Gasteiger charge is -2.14. The van der Waals surface area contributed by atoms with E-state index >= 15 is 0 Å². The van der Waals surface area contributed by atoms with Gasteiger partial charge >= 0.3 is 0 Å². The zero-order chi connectivity index (χ0) is 12.7. The average Bonchev–Trinajstić information content (AvgIpc) is 2.34. The van der Waals surface area contributed by atoms with E-state index < -0.39 is 11.7 Å². The monoisotopic (exact) mass is 239 g/mol. The van der Waals surface area contributed by atoms with Gasteiger partial charge in [0.25, 0.3) is 5.91 Å². The Labute approximate surface area is 100 Å². The van der Waals surface area contributed by atoms with Crippen molar-refractivity contribution in [3.8, 4) is 0 Å². The number of rotatable bonds is 6. The van der Waals surface area contributed by atoms with Crippen LogP contribution >= 0.6 is 0 Å². The van der Waals surface area contributed by atoms with Crippen molar-refractivity contribution in [1.29, 1.82) is 0 Å². The van der Waals surface area contributed by atoms with Crippen molar-refractivity contribution in [1.82, 2.24) is 10.3 Å². The van der Waals surface area contributed by atoms with E-state index in [0.29, 0.717) is 19.0 Å². The number of aromatic nitrogens is 1. The molecule has 0 aliphatic carbocycles. The van der Waals surface area contributed by atoms with Gasteiger partial charge in [0.2, 0.25) is 0 Å². The van der Waals surface area contributed by atoms with Gasteiger partial charge in [0, 0.05) is 12.7 Å². The van der Waals surface area contributed by atoms with Crippen molar-refractivity contribution in [2.75, 3.05) is 13.1 Å². The Morgan fingerprint density at radius 2 is 2.41 bits per heavy atom. The van der Waals surface area contributed by atoms with Crippen LogP contribution in [0.3, 0.4) is 0 Å². The molecule has 1 rings (SSSR count). The first kappa shape index (κ1) is 13.6. The molecular weight excluding hydrogens is 221 g/mol. The van der Waals surface area contributed by atoms with E-state index in [1.165, 1.54) is 12.3 Å². The van der Waals surface area contributed by atoms with Crippen LogP contribution in [0.2, 0.25) is 0 Å². The Bertz CT molecular complexity index is 371. The van der Waals surface area contributed by atoms with Gasteiger partial charge in [-0.1, -0.05) is 13.3 Å². The number of carbonyl (C=O) groups excluding carboxylic acids is 1. The van der Waals surface area contributed by atoms with Crippen LogP contribution in [0.15, 0.2) is 18.5 Å². The van der Waals surface area contributed by atoms with Crippen molar-refractivity contribution >= 4 is 5.91 Å². The zero-order valence-electron chi connectivity index (χ0n) is 9.95. The van der Waals surface area contributed by atoms with Crippen molar-refractivity contribution < 1.29 is 9.18 Å². The van der Waals surface area contributed by atoms with Gasteiger partial charge < -0.3 is 11.1 Å². The minimum absolute atomic E-state index is 0.0302. The summed E-state index contributed by atoms with van der Waals surface area (Å²) in [6, 6.07) is 1.37. The number of nitrogens with two attached hydrogens (primary N) is 1. The molecule has 0 bridgehead atoms. The second-order valence-electron chi connectivity index (χ2n) is 3.92. The van der Waals surface area contributed by atoms with Crippen LogP contribution in [0.25, 0.3) is 0 Å². The highest BCUT2D eigenvalue weighted by Gasteiger charge is 2.12. The fourth-order valence-electron chi connectivity index (χ4n) is 1.58. The number of carbonyl (C=O) groups is 1. The lowest BCUT2D eigenvalue weighted by Crippen LogP contribution is -2.30. The molecule has 0 aliphatic heterocycles. The van der Waals surface area contributed by atoms with Crippen molar-refractivity contribution in [2.45, 2.75) is 19.8 Å². The quantitative estimate of drug-likeness (QED) is 0.786. The van der Waals surface area contributed by atoms with Crippen molar-refractivity contribution in [3.63, 3.8) is 0 Å². The Morgan fingerprint density at radius 3 is 3.00 bits per heavy atom. The number of nitrogens with one attached hydrogen (secondary N) is 1. The maximum Gasteiger partial charge on any atom is 0.254 e. The molecule has 0 aliphatic rings. The molecule has 1 amide bonds. The molecule has 1 aromatic heterocycles. The molecule has 1 heterocycles. The first-order valence-corrected chi connectivity index (χ1v) is 5.76. The third kappa shape index (κ3) is 4.11. The number of hydrogen-bond acceptors (Lipinski definition) is 3. The molecule has 0 fully saturated rings. The van der Waals surface area contributed by atoms with Crippen LogP contribution in [0.1, 0.15) is 30.1 Å². The Morgan fingerprint density at radius 1 is 1.65 bits per heavy atom. The molecule has 17 heavy (non-hydrogen) atoms. The number of nitrogens with zero attached hydrogens (tertiary/aromatic N) is 1. The van der Waals surface area contributed by atoms with E-state index in [1.807, 2.05) is 6.92 Å². The molecule has 0 aromatic carbocycles. The summed E-state index contributed by atoms with van der Waals surface area (Å²) in [5.41, 5.74) is 5.50. The summed E-state index contributed by atoms with van der Waals surface area (Å²) >= 11 is 0. The van der Waals surface area contributed by atoms with Crippen molar-refractivity contribution in [2.24, 2.45) is 11.7 Å². The van der Waals surface area contributed by atoms with E-state index in [0.717, 1.165) is 19.0 Å². The molecule has 0 spiro atoms. The van der Waals surface area contributed by atoms with E-state index in [9.17, 15) is 9.18 Å². The summed E-state index contributed by atoms with van der Waals surface area (Å²) in [5, 5.41) is 2.71. The SMILES string of the molecule is CCC(CCN)CNC(=O)c1ccncc1F. The molecule has 0 saturated heterocycles. The Balaban J connectivity index is 2.52. The van der Waals surface area contributed by atoms with Gasteiger partial charge in [-0.05, 0) is 24.9 Å². The van der Waals surface area contributed by atoms with Crippen LogP contribution in [-0.4, -0.2) is 24.0 Å². The van der Waals surface area contributed by atoms with E-state index in [2.05, 4.69) is 10.3 Å². The normalized spacial score (nSPS) is 12.2. The predicted octanol–water partition coefficient (Wildman–Crippen LogP) is 1.33. The van der Waals surface area contributed by atoms with Gasteiger partial charge in [-0.2, -0.15) is 0 Å². The summed E-state index contributed by atoms with van der Waals surface area (Å²) in [7, 11) is 0. The fraction of sp³-hybridized carbons (Fsp3) is 0.500. The highest BCUT2D eigenvalue weighted by atomic mass is 19.1. The van der Waals surface area contributed by atoms with Gasteiger partial charge in [-0.3, -0.25) is 9.78 Å². The average molecular weight is 239 g/mol. The lowest BCUT2D eigenvalue weighted by atomic mass is 10.0. The van der Waals surface area contributed by atoms with E-state index in [4.69, 9.17) is 5.73 Å². The zero-order valence-corrected chi connectivity index (χ0v) is 9.95. The Kier molecular flexibility index (Phi) is 5.56. The molecule has 94 valence electrons. The summed E-state index contributed by atoms with van der Waals surface area (Å²) < 4.78 is 13.3. The van der Waals surface area contributed by atoms with Gasteiger partial charge in [0.1, 0.15) is 0 Å². The summed E-state index contributed by atoms with van der Waals surface area (Å²) in [5.74, 6) is -0.661. The van der Waals surface area contributed by atoms with Gasteiger partial charge in [-0.25, -0.2) is 4.39 Å². The maximum atomic E-state index is 13.3.